The molecule has 118 valence electrons. The maximum absolute atomic E-state index is 10.5. The van der Waals surface area contributed by atoms with Crippen LogP contribution in [0.3, 0.4) is 0 Å². The van der Waals surface area contributed by atoms with Crippen molar-refractivity contribution in [3.05, 3.63) is 57.6 Å². The van der Waals surface area contributed by atoms with E-state index in [0.717, 1.165) is 46.2 Å². The van der Waals surface area contributed by atoms with E-state index in [0.29, 0.717) is 11.5 Å². The third-order valence-electron chi connectivity index (χ3n) is 4.28. The number of rotatable bonds is 4. The number of aromatic hydroxyl groups is 2. The van der Waals surface area contributed by atoms with Crippen molar-refractivity contribution in [2.75, 3.05) is 0 Å². The van der Waals surface area contributed by atoms with Crippen LogP contribution in [0.2, 0.25) is 0 Å². The zero-order valence-corrected chi connectivity index (χ0v) is 14.2. The molecule has 0 bridgehead atoms. The minimum Gasteiger partial charge on any atom is -0.507 e. The third-order valence-corrected chi connectivity index (χ3v) is 4.28. The average molecular weight is 298 g/mol. The lowest BCUT2D eigenvalue weighted by atomic mass is 9.83. The Hall–Kier alpha value is -1.96. The van der Waals surface area contributed by atoms with E-state index in [2.05, 4.69) is 6.92 Å². The molecule has 2 aromatic rings. The first-order chi connectivity index (χ1) is 10.3. The summed E-state index contributed by atoms with van der Waals surface area (Å²) >= 11 is 0. The molecule has 0 aromatic heterocycles. The van der Waals surface area contributed by atoms with Crippen molar-refractivity contribution in [1.29, 1.82) is 0 Å². The zero-order chi connectivity index (χ0) is 16.4. The molecule has 2 heteroatoms. The van der Waals surface area contributed by atoms with E-state index in [-0.39, 0.29) is 5.92 Å². The molecule has 0 aliphatic rings. The van der Waals surface area contributed by atoms with Crippen LogP contribution in [0.4, 0.5) is 0 Å². The summed E-state index contributed by atoms with van der Waals surface area (Å²) in [7, 11) is 0. The summed E-state index contributed by atoms with van der Waals surface area (Å²) in [5, 5.41) is 21.1. The Morgan fingerprint density at radius 2 is 1.18 bits per heavy atom. The monoisotopic (exact) mass is 298 g/mol. The number of phenolic OH excluding ortho intramolecular Hbond substituents is 2. The first-order valence-electron chi connectivity index (χ1n) is 7.95. The van der Waals surface area contributed by atoms with Gasteiger partial charge in [0.15, 0.2) is 0 Å². The molecule has 0 aliphatic heterocycles. The van der Waals surface area contributed by atoms with Crippen LogP contribution >= 0.6 is 0 Å². The van der Waals surface area contributed by atoms with E-state index >= 15 is 0 Å². The fourth-order valence-corrected chi connectivity index (χ4v) is 3.28. The van der Waals surface area contributed by atoms with Crippen LogP contribution < -0.4 is 0 Å². The van der Waals surface area contributed by atoms with Crippen molar-refractivity contribution in [3.8, 4) is 11.5 Å². The van der Waals surface area contributed by atoms with E-state index in [1.165, 1.54) is 0 Å². The third kappa shape index (κ3) is 3.11. The van der Waals surface area contributed by atoms with E-state index in [9.17, 15) is 10.2 Å². The number of aryl methyl sites for hydroxylation is 4. The highest BCUT2D eigenvalue weighted by molar-refractivity contribution is 5.53. The molecule has 0 heterocycles. The van der Waals surface area contributed by atoms with E-state index in [1.807, 2.05) is 52.0 Å². The van der Waals surface area contributed by atoms with Gasteiger partial charge in [0.05, 0.1) is 0 Å². The quantitative estimate of drug-likeness (QED) is 0.808. The average Bonchev–Trinajstić information content (AvgIpc) is 2.44. The van der Waals surface area contributed by atoms with Crippen LogP contribution in [0.15, 0.2) is 24.3 Å². The van der Waals surface area contributed by atoms with Gasteiger partial charge in [-0.15, -0.1) is 0 Å². The Balaban J connectivity index is 2.66. The minimum atomic E-state index is 0.0159. The van der Waals surface area contributed by atoms with Crippen LogP contribution in [0, 0.1) is 27.7 Å². The Labute approximate surface area is 133 Å². The van der Waals surface area contributed by atoms with Crippen molar-refractivity contribution >= 4 is 0 Å². The maximum atomic E-state index is 10.5. The number of hydrogen-bond acceptors (Lipinski definition) is 2. The number of hydrogen-bond donors (Lipinski definition) is 2. The summed E-state index contributed by atoms with van der Waals surface area (Å²) in [5.41, 5.74) is 5.88. The molecule has 0 fully saturated rings. The van der Waals surface area contributed by atoms with Gasteiger partial charge in [0.2, 0.25) is 0 Å². The second kappa shape index (κ2) is 6.43. The van der Waals surface area contributed by atoms with Gasteiger partial charge in [-0.25, -0.2) is 0 Å². The molecule has 0 unspecified atom stereocenters. The predicted molar refractivity (Wildman–Crippen MR) is 91.9 cm³/mol. The van der Waals surface area contributed by atoms with Gasteiger partial charge in [-0.05, 0) is 45.2 Å². The second-order valence-corrected chi connectivity index (χ2v) is 6.38. The van der Waals surface area contributed by atoms with Crippen LogP contribution in [0.5, 0.6) is 11.5 Å². The fraction of sp³-hybridized carbons (Fsp3) is 0.400. The summed E-state index contributed by atoms with van der Waals surface area (Å²) in [6.07, 6.45) is 1.89. The summed E-state index contributed by atoms with van der Waals surface area (Å²) < 4.78 is 0. The summed E-state index contributed by atoms with van der Waals surface area (Å²) in [6, 6.07) is 8.06. The van der Waals surface area contributed by atoms with E-state index < -0.39 is 0 Å². The molecule has 2 aromatic carbocycles. The highest BCUT2D eigenvalue weighted by Gasteiger charge is 2.22. The smallest absolute Gasteiger partial charge is 0.122 e. The number of benzene rings is 2. The lowest BCUT2D eigenvalue weighted by molar-refractivity contribution is 0.446. The van der Waals surface area contributed by atoms with Gasteiger partial charge >= 0.3 is 0 Å². The Kier molecular flexibility index (Phi) is 4.80. The van der Waals surface area contributed by atoms with E-state index in [4.69, 9.17) is 0 Å². The molecule has 2 nitrogen and oxygen atoms in total. The lowest BCUT2D eigenvalue weighted by Crippen LogP contribution is -2.04. The van der Waals surface area contributed by atoms with Crippen molar-refractivity contribution < 1.29 is 10.2 Å². The highest BCUT2D eigenvalue weighted by atomic mass is 16.3. The zero-order valence-electron chi connectivity index (χ0n) is 14.2. The first kappa shape index (κ1) is 16.4. The van der Waals surface area contributed by atoms with Gasteiger partial charge < -0.3 is 10.2 Å². The fourth-order valence-electron chi connectivity index (χ4n) is 3.28. The lowest BCUT2D eigenvalue weighted by Gasteiger charge is -2.22. The molecule has 0 radical (unpaired) electrons. The molecule has 0 amide bonds. The molecule has 0 saturated carbocycles. The summed E-state index contributed by atoms with van der Waals surface area (Å²) in [5.74, 6) is 0.715. The second-order valence-electron chi connectivity index (χ2n) is 6.38. The molecule has 22 heavy (non-hydrogen) atoms. The van der Waals surface area contributed by atoms with Crippen molar-refractivity contribution in [2.45, 2.75) is 53.4 Å². The molecule has 0 aliphatic carbocycles. The minimum absolute atomic E-state index is 0.0159. The molecule has 0 saturated heterocycles. The standard InChI is InChI=1S/C20H26O2/c1-6-7-16(17-10-12(2)8-14(4)19(17)21)18-11-13(3)9-15(5)20(18)22/h8-11,16,21-22H,6-7H2,1-5H3. The van der Waals surface area contributed by atoms with Crippen LogP contribution in [0.1, 0.15) is 59.1 Å². The van der Waals surface area contributed by atoms with Crippen molar-refractivity contribution in [1.82, 2.24) is 0 Å². The van der Waals surface area contributed by atoms with Gasteiger partial charge in [-0.1, -0.05) is 48.7 Å². The topological polar surface area (TPSA) is 40.5 Å². The van der Waals surface area contributed by atoms with Gasteiger partial charge in [0.1, 0.15) is 11.5 Å². The van der Waals surface area contributed by atoms with E-state index in [1.54, 1.807) is 0 Å². The Morgan fingerprint density at radius 1 is 0.773 bits per heavy atom. The van der Waals surface area contributed by atoms with Crippen LogP contribution in [-0.4, -0.2) is 10.2 Å². The Bertz CT molecular complexity index is 629. The van der Waals surface area contributed by atoms with Crippen LogP contribution in [0.25, 0.3) is 0 Å². The molecular formula is C20H26O2. The van der Waals surface area contributed by atoms with Crippen molar-refractivity contribution in [2.24, 2.45) is 0 Å². The van der Waals surface area contributed by atoms with Gasteiger partial charge in [-0.3, -0.25) is 0 Å². The Morgan fingerprint density at radius 3 is 1.55 bits per heavy atom. The predicted octanol–water partition coefficient (Wildman–Crippen LogP) is 5.26. The first-order valence-corrected chi connectivity index (χ1v) is 7.95. The van der Waals surface area contributed by atoms with Crippen LogP contribution in [-0.2, 0) is 0 Å². The number of phenols is 2. The normalized spacial score (nSPS) is 11.2. The van der Waals surface area contributed by atoms with Gasteiger partial charge in [0, 0.05) is 17.0 Å². The maximum Gasteiger partial charge on any atom is 0.122 e. The van der Waals surface area contributed by atoms with Crippen molar-refractivity contribution in [3.63, 3.8) is 0 Å². The largest absolute Gasteiger partial charge is 0.507 e. The molecule has 0 spiro atoms. The highest BCUT2D eigenvalue weighted by Crippen LogP contribution is 2.41. The summed E-state index contributed by atoms with van der Waals surface area (Å²) in [6.45, 7) is 10.1. The molecule has 2 rings (SSSR count). The molecule has 2 N–H and O–H groups in total. The SMILES string of the molecule is CCCC(c1cc(C)cc(C)c1O)c1cc(C)cc(C)c1O. The molecular weight excluding hydrogens is 272 g/mol. The molecule has 0 atom stereocenters. The van der Waals surface area contributed by atoms with Gasteiger partial charge in [0.25, 0.3) is 0 Å². The van der Waals surface area contributed by atoms with Gasteiger partial charge in [-0.2, -0.15) is 0 Å². The summed E-state index contributed by atoms with van der Waals surface area (Å²) in [4.78, 5) is 0.